The van der Waals surface area contributed by atoms with Crippen LogP contribution in [0.4, 0.5) is 19.0 Å². The molecular formula is C24H32ClF3N3O7PSi. The lowest BCUT2D eigenvalue weighted by Gasteiger charge is -2.40. The molecular weight excluding hydrogens is 594 g/mol. The van der Waals surface area contributed by atoms with Gasteiger partial charge in [0, 0.05) is 23.2 Å². The molecule has 40 heavy (non-hydrogen) atoms. The van der Waals surface area contributed by atoms with Gasteiger partial charge in [-0.2, -0.15) is 13.8 Å². The number of phosphoric acid groups is 1. The van der Waals surface area contributed by atoms with Crippen molar-refractivity contribution in [1.29, 1.82) is 0 Å². The molecule has 0 unspecified atom stereocenters. The second-order valence-corrected chi connectivity index (χ2v) is 18.0. The number of phosphoric ester groups is 1. The van der Waals surface area contributed by atoms with Crippen molar-refractivity contribution >= 4 is 33.6 Å². The molecule has 1 aromatic heterocycles. The Morgan fingerprint density at radius 3 is 2.65 bits per heavy atom. The highest BCUT2D eigenvalue weighted by atomic mass is 35.5. The van der Waals surface area contributed by atoms with Crippen LogP contribution in [0.2, 0.25) is 23.2 Å². The Kier molecular flexibility index (Phi) is 8.68. The highest BCUT2D eigenvalue weighted by Gasteiger charge is 2.63. The lowest BCUT2D eigenvalue weighted by Crippen LogP contribution is -2.52. The van der Waals surface area contributed by atoms with Crippen LogP contribution in [0.1, 0.15) is 45.1 Å². The number of alkyl halides is 2. The van der Waals surface area contributed by atoms with Crippen LogP contribution in [0.15, 0.2) is 35.3 Å². The monoisotopic (exact) mass is 625 g/mol. The van der Waals surface area contributed by atoms with E-state index >= 15 is 8.78 Å². The summed E-state index contributed by atoms with van der Waals surface area (Å²) in [4.78, 5) is 15.9. The number of nitrogen functional groups attached to an aromatic ring is 1. The first-order valence-corrected chi connectivity index (χ1v) is 17.3. The summed E-state index contributed by atoms with van der Waals surface area (Å²) >= 11 is 5.98. The molecule has 16 heteroatoms. The van der Waals surface area contributed by atoms with Gasteiger partial charge in [-0.1, -0.05) is 32.4 Å². The smallest absolute Gasteiger partial charge is 0.405 e. The number of nitrogens with two attached hydrogens (primary N) is 1. The zero-order valence-corrected chi connectivity index (χ0v) is 25.3. The van der Waals surface area contributed by atoms with Gasteiger partial charge in [0.05, 0.1) is 19.3 Å². The van der Waals surface area contributed by atoms with Crippen LogP contribution in [0.5, 0.6) is 0 Å². The van der Waals surface area contributed by atoms with Gasteiger partial charge in [-0.3, -0.25) is 18.1 Å². The fourth-order valence-corrected chi connectivity index (χ4v) is 6.93. The van der Waals surface area contributed by atoms with Crippen LogP contribution in [-0.4, -0.2) is 49.2 Å². The van der Waals surface area contributed by atoms with Crippen molar-refractivity contribution in [3.63, 3.8) is 0 Å². The van der Waals surface area contributed by atoms with E-state index in [1.807, 2.05) is 20.8 Å². The molecule has 0 aliphatic carbocycles. The number of ether oxygens (including phenoxy) is 1. The van der Waals surface area contributed by atoms with Crippen LogP contribution < -0.4 is 11.4 Å². The summed E-state index contributed by atoms with van der Waals surface area (Å²) in [5, 5.41) is -0.212. The topological polar surface area (TPSA) is 124 Å². The van der Waals surface area contributed by atoms with E-state index < -0.39 is 69.8 Å². The second-order valence-electron chi connectivity index (χ2n) is 11.2. The zero-order chi connectivity index (χ0) is 29.7. The van der Waals surface area contributed by atoms with E-state index in [-0.39, 0.29) is 29.4 Å². The predicted molar refractivity (Wildman–Crippen MR) is 143 cm³/mol. The van der Waals surface area contributed by atoms with E-state index in [4.69, 9.17) is 40.1 Å². The number of aromatic nitrogens is 2. The third-order valence-electron chi connectivity index (χ3n) is 7.27. The van der Waals surface area contributed by atoms with Crippen molar-refractivity contribution < 1.29 is 40.5 Å². The number of benzene rings is 1. The van der Waals surface area contributed by atoms with Gasteiger partial charge >= 0.3 is 19.4 Å². The maximum atomic E-state index is 15.9. The third-order valence-corrected chi connectivity index (χ3v) is 13.4. The molecule has 0 spiro atoms. The van der Waals surface area contributed by atoms with Gasteiger partial charge in [-0.25, -0.2) is 13.8 Å². The molecule has 0 amide bonds. The predicted octanol–water partition coefficient (Wildman–Crippen LogP) is 5.84. The lowest BCUT2D eigenvalue weighted by molar-refractivity contribution is -0.138. The van der Waals surface area contributed by atoms with Crippen molar-refractivity contribution in [2.45, 2.75) is 75.8 Å². The molecule has 2 fully saturated rings. The average Bonchev–Trinajstić information content (AvgIpc) is 3.08. The summed E-state index contributed by atoms with van der Waals surface area (Å²) < 4.78 is 88.2. The van der Waals surface area contributed by atoms with Crippen molar-refractivity contribution in [2.24, 2.45) is 0 Å². The minimum absolute atomic E-state index is 0.0534. The number of anilines is 1. The van der Waals surface area contributed by atoms with E-state index in [9.17, 15) is 13.8 Å². The van der Waals surface area contributed by atoms with E-state index in [1.54, 1.807) is 13.1 Å². The Morgan fingerprint density at radius 1 is 1.30 bits per heavy atom. The molecule has 0 saturated carbocycles. The molecule has 2 N–H and O–H groups in total. The molecule has 2 aliphatic rings. The Labute approximate surface area is 235 Å². The Balaban J connectivity index is 1.60. The summed E-state index contributed by atoms with van der Waals surface area (Å²) in [6, 6.07) is 5.03. The van der Waals surface area contributed by atoms with Crippen LogP contribution in [0, 0.1) is 5.82 Å². The van der Waals surface area contributed by atoms with Crippen LogP contribution in [-0.2, 0) is 27.3 Å². The number of halogens is 4. The first-order valence-electron chi connectivity index (χ1n) is 12.5. The first kappa shape index (κ1) is 31.2. The number of hydrogen-bond donors (Lipinski definition) is 1. The first-order chi connectivity index (χ1) is 18.4. The number of hydrogen-bond acceptors (Lipinski definition) is 9. The summed E-state index contributed by atoms with van der Waals surface area (Å²) in [6.45, 7) is 8.37. The summed E-state index contributed by atoms with van der Waals surface area (Å²) in [5.41, 5.74) is 4.52. The van der Waals surface area contributed by atoms with Crippen molar-refractivity contribution in [3.05, 3.63) is 57.3 Å². The van der Waals surface area contributed by atoms with Gasteiger partial charge in [-0.15, -0.1) is 0 Å². The molecule has 0 bridgehead atoms. The molecule has 10 nitrogen and oxygen atoms in total. The molecule has 3 heterocycles. The number of nitrogens with zero attached hydrogens (tertiary/aromatic N) is 2. The van der Waals surface area contributed by atoms with Crippen LogP contribution in [0.25, 0.3) is 0 Å². The highest BCUT2D eigenvalue weighted by molar-refractivity contribution is 7.48. The van der Waals surface area contributed by atoms with Gasteiger partial charge in [0.15, 0.2) is 8.32 Å². The minimum atomic E-state index is -4.36. The van der Waals surface area contributed by atoms with E-state index in [0.29, 0.717) is 4.57 Å². The lowest BCUT2D eigenvalue weighted by atomic mass is 10.1. The largest absolute Gasteiger partial charge is 0.475 e. The molecule has 2 saturated heterocycles. The molecule has 5 atom stereocenters. The van der Waals surface area contributed by atoms with Crippen LogP contribution in [0.3, 0.4) is 0 Å². The molecule has 2 aromatic rings. The summed E-state index contributed by atoms with van der Waals surface area (Å²) in [7, 11) is -7.19. The highest BCUT2D eigenvalue weighted by Crippen LogP contribution is 2.58. The molecule has 4 rings (SSSR count). The molecule has 1 aromatic carbocycles. The van der Waals surface area contributed by atoms with E-state index in [0.717, 1.165) is 12.3 Å². The zero-order valence-electron chi connectivity index (χ0n) is 22.6. The van der Waals surface area contributed by atoms with Gasteiger partial charge < -0.3 is 14.9 Å². The molecule has 0 radical (unpaired) electrons. The molecule has 2 aliphatic heterocycles. The third kappa shape index (κ3) is 6.34. The fraction of sp³-hybridized carbons (Fsp3) is 0.583. The summed E-state index contributed by atoms with van der Waals surface area (Å²) in [6.07, 6.45) is -5.32. The SMILES string of the molecule is CC(C)(C)[Si](C)(C)O[C@@H]1[C@@H](CO[P@]2(=O)OCC[C@H](c3cc(Cl)ccc3F)O2)O[C@@H](n2ccc(N)nc2=O)C1(F)F. The van der Waals surface area contributed by atoms with Crippen molar-refractivity contribution in [2.75, 3.05) is 18.9 Å². The Morgan fingerprint density at radius 2 is 2.00 bits per heavy atom. The second kappa shape index (κ2) is 11.1. The average molecular weight is 626 g/mol. The fourth-order valence-electron chi connectivity index (χ4n) is 4.06. The molecule has 222 valence electrons. The van der Waals surface area contributed by atoms with Gasteiger partial charge in [-0.05, 0) is 42.4 Å². The van der Waals surface area contributed by atoms with Gasteiger partial charge in [0.1, 0.15) is 23.8 Å². The summed E-state index contributed by atoms with van der Waals surface area (Å²) in [5.74, 6) is -4.51. The quantitative estimate of drug-likeness (QED) is 0.298. The Bertz CT molecular complexity index is 1360. The standard InChI is InChI=1S/C24H32ClF3N3O7PSi/c1-23(2,3)40(4,5)38-20-18(36-21(24(20,27)28)31-10-8-19(29)30-22(31)32)13-35-39(33)34-11-9-17(37-39)15-12-14(25)6-7-16(15)26/h6-8,10,12,17-18,20-21H,9,11,13H2,1-5H3,(H2,29,30,32)/t17-,18-,20-,21-,39+/m1/s1. The Hall–Kier alpha value is -1.77. The van der Waals surface area contributed by atoms with E-state index in [1.165, 1.54) is 18.2 Å². The minimum Gasteiger partial charge on any atom is -0.405 e. The van der Waals surface area contributed by atoms with Crippen molar-refractivity contribution in [1.82, 2.24) is 9.55 Å². The maximum absolute atomic E-state index is 15.9. The normalized spacial score (nSPS) is 29.0. The van der Waals surface area contributed by atoms with Crippen LogP contribution >= 0.6 is 19.4 Å². The van der Waals surface area contributed by atoms with Crippen molar-refractivity contribution in [3.8, 4) is 0 Å². The number of rotatable bonds is 7. The van der Waals surface area contributed by atoms with Gasteiger partial charge in [0.2, 0.25) is 6.23 Å². The maximum Gasteiger partial charge on any atom is 0.475 e. The van der Waals surface area contributed by atoms with Gasteiger partial charge in [0.25, 0.3) is 0 Å². The van der Waals surface area contributed by atoms with E-state index in [2.05, 4.69) is 4.98 Å².